The normalized spacial score (nSPS) is 26.4. The Morgan fingerprint density at radius 1 is 1.37 bits per heavy atom. The molecule has 7 nitrogen and oxygen atoms in total. The van der Waals surface area contributed by atoms with Gasteiger partial charge < -0.3 is 10.2 Å². The van der Waals surface area contributed by atoms with Crippen molar-refractivity contribution in [2.75, 3.05) is 18.4 Å². The SMILES string of the molecule is C#CCCC1(CCC(=O)N2CC(C#N)C3(C2)C(=O)Nc2ccccc23)N=N1. The molecule has 0 saturated carbocycles. The van der Waals surface area contributed by atoms with E-state index in [0.717, 1.165) is 11.3 Å². The molecule has 1 aromatic carbocycles. The number of carbonyl (C=O) groups excluding carboxylic acids is 2. The second-order valence-corrected chi connectivity index (χ2v) is 7.31. The second-order valence-electron chi connectivity index (χ2n) is 7.31. The van der Waals surface area contributed by atoms with Gasteiger partial charge in [0, 0.05) is 44.5 Å². The predicted molar refractivity (Wildman–Crippen MR) is 97.3 cm³/mol. The molecule has 1 spiro atoms. The summed E-state index contributed by atoms with van der Waals surface area (Å²) in [5.74, 6) is 1.71. The molecule has 3 heterocycles. The molecule has 2 atom stereocenters. The quantitative estimate of drug-likeness (QED) is 0.814. The van der Waals surface area contributed by atoms with Gasteiger partial charge in [0.15, 0.2) is 5.66 Å². The highest BCUT2D eigenvalue weighted by Crippen LogP contribution is 2.47. The van der Waals surface area contributed by atoms with E-state index in [0.29, 0.717) is 19.3 Å². The van der Waals surface area contributed by atoms with E-state index in [9.17, 15) is 14.9 Å². The zero-order valence-corrected chi connectivity index (χ0v) is 14.8. The van der Waals surface area contributed by atoms with E-state index in [4.69, 9.17) is 6.42 Å². The number of fused-ring (bicyclic) bond motifs is 2. The smallest absolute Gasteiger partial charge is 0.238 e. The van der Waals surface area contributed by atoms with Crippen LogP contribution in [-0.2, 0) is 15.0 Å². The summed E-state index contributed by atoms with van der Waals surface area (Å²) in [7, 11) is 0. The van der Waals surface area contributed by atoms with Crippen molar-refractivity contribution in [3.8, 4) is 18.4 Å². The molecular formula is C20H19N5O2. The molecule has 1 fully saturated rings. The van der Waals surface area contributed by atoms with Crippen molar-refractivity contribution in [1.29, 1.82) is 5.26 Å². The van der Waals surface area contributed by atoms with Crippen LogP contribution in [0.4, 0.5) is 5.69 Å². The Balaban J connectivity index is 1.49. The third-order valence-corrected chi connectivity index (χ3v) is 5.80. The number of nitrogens with one attached hydrogen (secondary N) is 1. The Morgan fingerprint density at radius 2 is 2.15 bits per heavy atom. The summed E-state index contributed by atoms with van der Waals surface area (Å²) in [6.07, 6.45) is 7.30. The number of benzene rings is 1. The average molecular weight is 361 g/mol. The number of hydrogen-bond donors (Lipinski definition) is 1. The van der Waals surface area contributed by atoms with E-state index in [1.54, 1.807) is 4.90 Å². The first-order valence-electron chi connectivity index (χ1n) is 9.00. The molecule has 1 aromatic rings. The summed E-state index contributed by atoms with van der Waals surface area (Å²) < 4.78 is 0. The van der Waals surface area contributed by atoms with Crippen LogP contribution in [0.15, 0.2) is 34.5 Å². The van der Waals surface area contributed by atoms with Crippen molar-refractivity contribution in [1.82, 2.24) is 4.90 Å². The number of nitrogens with zero attached hydrogens (tertiary/aromatic N) is 4. The van der Waals surface area contributed by atoms with Crippen LogP contribution in [0.2, 0.25) is 0 Å². The second kappa shape index (κ2) is 6.21. The molecular weight excluding hydrogens is 342 g/mol. The van der Waals surface area contributed by atoms with Gasteiger partial charge in [0.25, 0.3) is 0 Å². The number of likely N-dealkylation sites (tertiary alicyclic amines) is 1. The average Bonchev–Trinajstić information content (AvgIpc) is 3.26. The minimum atomic E-state index is -0.990. The maximum Gasteiger partial charge on any atom is 0.238 e. The Hall–Kier alpha value is -3.19. The maximum absolute atomic E-state index is 12.8. The molecule has 4 rings (SSSR count). The van der Waals surface area contributed by atoms with Crippen LogP contribution in [0.25, 0.3) is 0 Å². The molecule has 1 N–H and O–H groups in total. The largest absolute Gasteiger partial charge is 0.340 e. The molecule has 7 heteroatoms. The van der Waals surface area contributed by atoms with Gasteiger partial charge >= 0.3 is 0 Å². The number of terminal acetylenes is 1. The van der Waals surface area contributed by atoms with Gasteiger partial charge in [-0.2, -0.15) is 15.5 Å². The van der Waals surface area contributed by atoms with Crippen molar-refractivity contribution in [2.24, 2.45) is 16.1 Å². The molecule has 2 amide bonds. The molecule has 2 unspecified atom stereocenters. The first kappa shape index (κ1) is 17.2. The summed E-state index contributed by atoms with van der Waals surface area (Å²) in [6, 6.07) is 9.64. The number of amides is 2. The summed E-state index contributed by atoms with van der Waals surface area (Å²) in [5.41, 5.74) is 0.0254. The predicted octanol–water partition coefficient (Wildman–Crippen LogP) is 2.21. The van der Waals surface area contributed by atoms with Gasteiger partial charge in [-0.3, -0.25) is 9.59 Å². The fourth-order valence-corrected chi connectivity index (χ4v) is 4.17. The van der Waals surface area contributed by atoms with Crippen LogP contribution in [0, 0.1) is 29.6 Å². The van der Waals surface area contributed by atoms with Crippen LogP contribution < -0.4 is 5.32 Å². The lowest BCUT2D eigenvalue weighted by Gasteiger charge is -2.24. The van der Waals surface area contributed by atoms with Crippen molar-refractivity contribution in [3.05, 3.63) is 29.8 Å². The highest BCUT2D eigenvalue weighted by atomic mass is 16.2. The minimum Gasteiger partial charge on any atom is -0.340 e. The number of carbonyl (C=O) groups is 2. The van der Waals surface area contributed by atoms with Crippen LogP contribution in [-0.4, -0.2) is 35.5 Å². The van der Waals surface area contributed by atoms with Gasteiger partial charge in [0.1, 0.15) is 5.41 Å². The van der Waals surface area contributed by atoms with Gasteiger partial charge in [-0.1, -0.05) is 18.2 Å². The van der Waals surface area contributed by atoms with Crippen LogP contribution in [0.3, 0.4) is 0 Å². The van der Waals surface area contributed by atoms with Gasteiger partial charge in [-0.25, -0.2) is 0 Å². The van der Waals surface area contributed by atoms with E-state index in [2.05, 4.69) is 27.5 Å². The Labute approximate surface area is 157 Å². The number of hydrogen-bond acceptors (Lipinski definition) is 5. The van der Waals surface area contributed by atoms with Crippen molar-refractivity contribution < 1.29 is 9.59 Å². The van der Waals surface area contributed by atoms with Crippen LogP contribution in [0.1, 0.15) is 31.2 Å². The van der Waals surface area contributed by atoms with Gasteiger partial charge in [0.05, 0.1) is 12.0 Å². The minimum absolute atomic E-state index is 0.0818. The monoisotopic (exact) mass is 361 g/mol. The molecule has 3 aliphatic heterocycles. The molecule has 136 valence electrons. The lowest BCUT2D eigenvalue weighted by Crippen LogP contribution is -2.42. The van der Waals surface area contributed by atoms with Crippen LogP contribution in [0.5, 0.6) is 0 Å². The summed E-state index contributed by atoms with van der Waals surface area (Å²) in [5, 5.41) is 20.7. The Bertz CT molecular complexity index is 919. The molecule has 0 aromatic heterocycles. The first-order valence-corrected chi connectivity index (χ1v) is 9.00. The molecule has 0 radical (unpaired) electrons. The standard InChI is InChI=1S/C20H19N5O2/c1-2-3-9-19(23-24-19)10-8-17(26)25-12-14(11-21)20(13-25)15-6-4-5-7-16(15)22-18(20)27/h1,4-7,14H,3,8-10,12-13H2,(H,22,27). The van der Waals surface area contributed by atoms with Gasteiger partial charge in [-0.05, 0) is 11.6 Å². The maximum atomic E-state index is 12.8. The van der Waals surface area contributed by atoms with E-state index >= 15 is 0 Å². The zero-order chi connectivity index (χ0) is 19.1. The van der Waals surface area contributed by atoms with Crippen molar-refractivity contribution in [2.45, 2.75) is 36.8 Å². The number of para-hydroxylation sites is 1. The van der Waals surface area contributed by atoms with Crippen molar-refractivity contribution >= 4 is 17.5 Å². The molecule has 1 saturated heterocycles. The van der Waals surface area contributed by atoms with E-state index in [-0.39, 0.29) is 31.3 Å². The van der Waals surface area contributed by atoms with E-state index < -0.39 is 17.0 Å². The Kier molecular flexibility index (Phi) is 3.96. The molecule has 27 heavy (non-hydrogen) atoms. The van der Waals surface area contributed by atoms with E-state index in [1.807, 2.05) is 24.3 Å². The fourth-order valence-electron chi connectivity index (χ4n) is 4.17. The third-order valence-electron chi connectivity index (χ3n) is 5.80. The summed E-state index contributed by atoms with van der Waals surface area (Å²) >= 11 is 0. The highest BCUT2D eigenvalue weighted by Gasteiger charge is 2.58. The van der Waals surface area contributed by atoms with Crippen molar-refractivity contribution in [3.63, 3.8) is 0 Å². The van der Waals surface area contributed by atoms with Gasteiger partial charge in [-0.15, -0.1) is 12.3 Å². The zero-order valence-electron chi connectivity index (χ0n) is 14.8. The van der Waals surface area contributed by atoms with E-state index in [1.165, 1.54) is 0 Å². The fraction of sp³-hybridized carbons (Fsp3) is 0.450. The Morgan fingerprint density at radius 3 is 2.85 bits per heavy atom. The summed E-state index contributed by atoms with van der Waals surface area (Å²) in [6.45, 7) is 0.473. The summed E-state index contributed by atoms with van der Waals surface area (Å²) in [4.78, 5) is 27.2. The molecule has 0 bridgehead atoms. The van der Waals surface area contributed by atoms with Crippen LogP contribution >= 0.6 is 0 Å². The lowest BCUT2D eigenvalue weighted by molar-refractivity contribution is -0.130. The number of rotatable bonds is 5. The number of nitriles is 1. The highest BCUT2D eigenvalue weighted by molar-refractivity contribution is 6.07. The molecule has 0 aliphatic carbocycles. The topological polar surface area (TPSA) is 97.9 Å². The van der Waals surface area contributed by atoms with Gasteiger partial charge in [0.2, 0.25) is 11.8 Å². The first-order chi connectivity index (χ1) is 13.0. The molecule has 3 aliphatic rings. The lowest BCUT2D eigenvalue weighted by atomic mass is 9.74. The third kappa shape index (κ3) is 2.67. The number of anilines is 1.